The monoisotopic (exact) mass is 298 g/mol. The van der Waals surface area contributed by atoms with Gasteiger partial charge in [0, 0.05) is 6.07 Å². The molecule has 110 valence electrons. The zero-order chi connectivity index (χ0) is 14.8. The summed E-state index contributed by atoms with van der Waals surface area (Å²) in [6.07, 6.45) is 3.35. The number of benzene rings is 1. The van der Waals surface area contributed by atoms with Crippen LogP contribution in [0.15, 0.2) is 12.1 Å². The van der Waals surface area contributed by atoms with E-state index >= 15 is 0 Å². The summed E-state index contributed by atoms with van der Waals surface area (Å²) >= 11 is 6.07. The van der Waals surface area contributed by atoms with E-state index in [9.17, 15) is 4.79 Å². The molecule has 1 aromatic rings. The Labute approximate surface area is 123 Å². The average Bonchev–Trinajstić information content (AvgIpc) is 2.87. The molecule has 0 spiro atoms. The Morgan fingerprint density at radius 1 is 1.25 bits per heavy atom. The molecule has 1 saturated carbocycles. The first-order chi connectivity index (χ1) is 9.50. The molecule has 0 unspecified atom stereocenters. The average molecular weight is 299 g/mol. The number of carbonyl (C=O) groups is 1. The quantitative estimate of drug-likeness (QED) is 0.896. The molecule has 0 heterocycles. The van der Waals surface area contributed by atoms with Crippen LogP contribution in [0.3, 0.4) is 0 Å². The number of ether oxygens (including phenoxy) is 2. The largest absolute Gasteiger partial charge is 0.495 e. The van der Waals surface area contributed by atoms with Crippen LogP contribution in [0.5, 0.6) is 11.5 Å². The third kappa shape index (κ3) is 2.83. The zero-order valence-electron chi connectivity index (χ0n) is 11.7. The third-order valence-electron chi connectivity index (χ3n) is 3.67. The molecule has 5 nitrogen and oxygen atoms in total. The molecule has 20 heavy (non-hydrogen) atoms. The van der Waals surface area contributed by atoms with Crippen molar-refractivity contribution < 1.29 is 14.3 Å². The molecule has 0 aliphatic heterocycles. The van der Waals surface area contributed by atoms with Crippen molar-refractivity contribution >= 4 is 23.2 Å². The summed E-state index contributed by atoms with van der Waals surface area (Å²) in [7, 11) is 3.04. The van der Waals surface area contributed by atoms with Gasteiger partial charge in [-0.1, -0.05) is 24.4 Å². The molecule has 1 aliphatic carbocycles. The lowest BCUT2D eigenvalue weighted by Crippen LogP contribution is -2.48. The van der Waals surface area contributed by atoms with E-state index in [2.05, 4.69) is 5.32 Å². The fraction of sp³-hybridized carbons (Fsp3) is 0.500. The number of hydrogen-bond acceptors (Lipinski definition) is 4. The number of carbonyl (C=O) groups excluding carboxylic acids is 1. The maximum Gasteiger partial charge on any atom is 0.244 e. The number of hydrogen-bond donors (Lipinski definition) is 2. The minimum Gasteiger partial charge on any atom is -0.495 e. The lowest BCUT2D eigenvalue weighted by Gasteiger charge is -2.23. The van der Waals surface area contributed by atoms with Crippen LogP contribution in [0.4, 0.5) is 5.69 Å². The summed E-state index contributed by atoms with van der Waals surface area (Å²) in [6, 6.07) is 3.24. The Balaban J connectivity index is 2.24. The van der Waals surface area contributed by atoms with Gasteiger partial charge in [0.2, 0.25) is 5.91 Å². The second-order valence-corrected chi connectivity index (χ2v) is 5.41. The third-order valence-corrected chi connectivity index (χ3v) is 3.97. The summed E-state index contributed by atoms with van der Waals surface area (Å²) in [5.74, 6) is 0.778. The number of nitrogens with two attached hydrogens (primary N) is 1. The first-order valence-corrected chi connectivity index (χ1v) is 6.90. The van der Waals surface area contributed by atoms with Gasteiger partial charge in [0.25, 0.3) is 0 Å². The number of amides is 1. The van der Waals surface area contributed by atoms with Gasteiger partial charge in [-0.25, -0.2) is 0 Å². The molecular weight excluding hydrogens is 280 g/mol. The molecule has 1 aliphatic rings. The van der Waals surface area contributed by atoms with Crippen molar-refractivity contribution in [3.05, 3.63) is 17.2 Å². The minimum atomic E-state index is -0.794. The Kier molecular flexibility index (Phi) is 4.40. The van der Waals surface area contributed by atoms with Crippen molar-refractivity contribution in [1.82, 2.24) is 0 Å². The Morgan fingerprint density at radius 2 is 1.85 bits per heavy atom. The van der Waals surface area contributed by atoms with Crippen molar-refractivity contribution in [3.8, 4) is 11.5 Å². The van der Waals surface area contributed by atoms with Crippen LogP contribution in [0.25, 0.3) is 0 Å². The van der Waals surface area contributed by atoms with E-state index in [0.717, 1.165) is 12.8 Å². The molecular formula is C14H19ClN2O3. The second-order valence-electron chi connectivity index (χ2n) is 5.00. The lowest BCUT2D eigenvalue weighted by atomic mass is 9.98. The van der Waals surface area contributed by atoms with Gasteiger partial charge in [-0.05, 0) is 18.9 Å². The molecule has 0 saturated heterocycles. The van der Waals surface area contributed by atoms with Crippen LogP contribution in [0, 0.1) is 0 Å². The summed E-state index contributed by atoms with van der Waals surface area (Å²) in [5.41, 5.74) is 5.83. The van der Waals surface area contributed by atoms with Crippen molar-refractivity contribution in [2.75, 3.05) is 19.5 Å². The van der Waals surface area contributed by atoms with E-state index < -0.39 is 5.54 Å². The normalized spacial score (nSPS) is 16.8. The highest BCUT2D eigenvalue weighted by Gasteiger charge is 2.37. The summed E-state index contributed by atoms with van der Waals surface area (Å²) in [5, 5.41) is 3.21. The van der Waals surface area contributed by atoms with Crippen molar-refractivity contribution in [2.45, 2.75) is 31.2 Å². The van der Waals surface area contributed by atoms with Crippen LogP contribution in [0.1, 0.15) is 25.7 Å². The minimum absolute atomic E-state index is 0.200. The topological polar surface area (TPSA) is 73.6 Å². The zero-order valence-corrected chi connectivity index (χ0v) is 12.4. The molecule has 6 heteroatoms. The molecule has 0 radical (unpaired) electrons. The van der Waals surface area contributed by atoms with E-state index in [1.807, 2.05) is 0 Å². The van der Waals surface area contributed by atoms with Gasteiger partial charge in [-0.3, -0.25) is 4.79 Å². The van der Waals surface area contributed by atoms with Gasteiger partial charge < -0.3 is 20.5 Å². The maximum absolute atomic E-state index is 12.3. The van der Waals surface area contributed by atoms with E-state index in [0.29, 0.717) is 35.1 Å². The second kappa shape index (κ2) is 5.89. The fourth-order valence-electron chi connectivity index (χ4n) is 2.44. The standard InChI is InChI=1S/C14H19ClN2O3/c1-19-11-8-12(20-2)10(7-9(11)15)17-13(18)14(16)5-3-4-6-14/h7-8H,3-6,16H2,1-2H3,(H,17,18). The highest BCUT2D eigenvalue weighted by molar-refractivity contribution is 6.32. The molecule has 0 aromatic heterocycles. The van der Waals surface area contributed by atoms with Gasteiger partial charge in [-0.15, -0.1) is 0 Å². The van der Waals surface area contributed by atoms with Gasteiger partial charge in [0.05, 0.1) is 30.5 Å². The SMILES string of the molecule is COc1cc(OC)c(NC(=O)C2(N)CCCC2)cc1Cl. The molecule has 1 amide bonds. The number of halogens is 1. The fourth-order valence-corrected chi connectivity index (χ4v) is 2.68. The molecule has 2 rings (SSSR count). The molecule has 1 fully saturated rings. The predicted molar refractivity (Wildman–Crippen MR) is 78.6 cm³/mol. The number of anilines is 1. The number of nitrogens with one attached hydrogen (secondary N) is 1. The molecule has 0 bridgehead atoms. The maximum atomic E-state index is 12.3. The summed E-state index contributed by atoms with van der Waals surface area (Å²) < 4.78 is 10.4. The predicted octanol–water partition coefficient (Wildman–Crippen LogP) is 2.57. The first-order valence-electron chi connectivity index (χ1n) is 6.52. The first kappa shape index (κ1) is 14.9. The van der Waals surface area contributed by atoms with E-state index in [1.54, 1.807) is 12.1 Å². The Hall–Kier alpha value is -1.46. The van der Waals surface area contributed by atoms with Crippen LogP contribution >= 0.6 is 11.6 Å². The van der Waals surface area contributed by atoms with Gasteiger partial charge >= 0.3 is 0 Å². The van der Waals surface area contributed by atoms with Crippen LogP contribution < -0.4 is 20.5 Å². The number of methoxy groups -OCH3 is 2. The summed E-state index contributed by atoms with van der Waals surface area (Å²) in [4.78, 5) is 12.3. The lowest BCUT2D eigenvalue weighted by molar-refractivity contribution is -0.121. The molecule has 3 N–H and O–H groups in total. The number of rotatable bonds is 4. The smallest absolute Gasteiger partial charge is 0.244 e. The van der Waals surface area contributed by atoms with E-state index in [-0.39, 0.29) is 5.91 Å². The van der Waals surface area contributed by atoms with Crippen molar-refractivity contribution in [1.29, 1.82) is 0 Å². The van der Waals surface area contributed by atoms with Gasteiger partial charge in [-0.2, -0.15) is 0 Å². The summed E-state index contributed by atoms with van der Waals surface area (Å²) in [6.45, 7) is 0. The van der Waals surface area contributed by atoms with Crippen LogP contribution in [0.2, 0.25) is 5.02 Å². The molecule has 0 atom stereocenters. The van der Waals surface area contributed by atoms with Gasteiger partial charge in [0.15, 0.2) is 0 Å². The Morgan fingerprint density at radius 3 is 2.40 bits per heavy atom. The van der Waals surface area contributed by atoms with E-state index in [1.165, 1.54) is 14.2 Å². The van der Waals surface area contributed by atoms with Crippen molar-refractivity contribution in [2.24, 2.45) is 5.73 Å². The van der Waals surface area contributed by atoms with Crippen LogP contribution in [-0.4, -0.2) is 25.7 Å². The highest BCUT2D eigenvalue weighted by Crippen LogP contribution is 2.37. The Bertz CT molecular complexity index is 513. The highest BCUT2D eigenvalue weighted by atomic mass is 35.5. The van der Waals surface area contributed by atoms with Crippen LogP contribution in [-0.2, 0) is 4.79 Å². The van der Waals surface area contributed by atoms with E-state index in [4.69, 9.17) is 26.8 Å². The molecule has 1 aromatic carbocycles. The van der Waals surface area contributed by atoms with Crippen molar-refractivity contribution in [3.63, 3.8) is 0 Å². The van der Waals surface area contributed by atoms with Gasteiger partial charge in [0.1, 0.15) is 11.5 Å².